The minimum absolute atomic E-state index is 0.171. The van der Waals surface area contributed by atoms with Gasteiger partial charge in [0.1, 0.15) is 11.8 Å². The molecule has 96 valence electrons. The van der Waals surface area contributed by atoms with E-state index in [1.54, 1.807) is 6.20 Å². The van der Waals surface area contributed by atoms with E-state index in [4.69, 9.17) is 5.26 Å². The third-order valence-electron chi connectivity index (χ3n) is 3.69. The average molecular weight is 245 g/mol. The Morgan fingerprint density at radius 2 is 2.44 bits per heavy atom. The van der Waals surface area contributed by atoms with Gasteiger partial charge in [0.2, 0.25) is 0 Å². The third-order valence-corrected chi connectivity index (χ3v) is 3.69. The maximum absolute atomic E-state index is 9.86. The second-order valence-corrected chi connectivity index (χ2v) is 4.88. The van der Waals surface area contributed by atoms with Crippen molar-refractivity contribution < 1.29 is 5.11 Å². The smallest absolute Gasteiger partial charge is 0.144 e. The molecule has 4 nitrogen and oxygen atoms in total. The first-order chi connectivity index (χ1) is 8.74. The van der Waals surface area contributed by atoms with Crippen LogP contribution in [0.15, 0.2) is 18.3 Å². The summed E-state index contributed by atoms with van der Waals surface area (Å²) in [4.78, 5) is 6.38. The first-order valence-electron chi connectivity index (χ1n) is 6.49. The lowest BCUT2D eigenvalue weighted by molar-refractivity contribution is 0.0221. The van der Waals surface area contributed by atoms with Crippen LogP contribution >= 0.6 is 0 Å². The molecule has 1 aromatic heterocycles. The van der Waals surface area contributed by atoms with Crippen LogP contribution < -0.4 is 0 Å². The van der Waals surface area contributed by atoms with Crippen molar-refractivity contribution in [1.82, 2.24) is 9.88 Å². The highest BCUT2D eigenvalue weighted by Gasteiger charge is 2.26. The van der Waals surface area contributed by atoms with Crippen molar-refractivity contribution in [2.75, 3.05) is 13.1 Å². The second-order valence-electron chi connectivity index (χ2n) is 4.88. The summed E-state index contributed by atoms with van der Waals surface area (Å²) in [5.74, 6) is 0.348. The van der Waals surface area contributed by atoms with Gasteiger partial charge in [-0.1, -0.05) is 13.0 Å². The summed E-state index contributed by atoms with van der Waals surface area (Å²) < 4.78 is 0. The van der Waals surface area contributed by atoms with Gasteiger partial charge in [-0.2, -0.15) is 5.26 Å². The van der Waals surface area contributed by atoms with Crippen LogP contribution in [0.2, 0.25) is 0 Å². The summed E-state index contributed by atoms with van der Waals surface area (Å²) in [6.45, 7) is 4.65. The van der Waals surface area contributed by atoms with Crippen LogP contribution in [-0.2, 0) is 6.54 Å². The monoisotopic (exact) mass is 245 g/mol. The van der Waals surface area contributed by atoms with Gasteiger partial charge in [-0.15, -0.1) is 0 Å². The van der Waals surface area contributed by atoms with Crippen LogP contribution in [0.25, 0.3) is 0 Å². The van der Waals surface area contributed by atoms with Gasteiger partial charge in [0.05, 0.1) is 6.10 Å². The van der Waals surface area contributed by atoms with E-state index in [1.165, 1.54) is 0 Å². The lowest BCUT2D eigenvalue weighted by Gasteiger charge is -2.35. The van der Waals surface area contributed by atoms with Crippen LogP contribution in [0.1, 0.15) is 31.0 Å². The van der Waals surface area contributed by atoms with Gasteiger partial charge >= 0.3 is 0 Å². The maximum Gasteiger partial charge on any atom is 0.144 e. The molecule has 2 rings (SSSR count). The fourth-order valence-electron chi connectivity index (χ4n) is 2.55. The number of aromatic nitrogens is 1. The molecule has 0 aliphatic carbocycles. The normalized spacial score (nSPS) is 24.7. The molecule has 1 saturated heterocycles. The lowest BCUT2D eigenvalue weighted by Crippen LogP contribution is -2.42. The van der Waals surface area contributed by atoms with Crippen LogP contribution in [0.5, 0.6) is 0 Å². The zero-order chi connectivity index (χ0) is 13.0. The number of nitriles is 1. The molecule has 0 radical (unpaired) electrons. The van der Waals surface area contributed by atoms with Crippen molar-refractivity contribution in [3.63, 3.8) is 0 Å². The zero-order valence-electron chi connectivity index (χ0n) is 10.7. The predicted molar refractivity (Wildman–Crippen MR) is 68.6 cm³/mol. The molecule has 0 spiro atoms. The van der Waals surface area contributed by atoms with Gasteiger partial charge in [0.25, 0.3) is 0 Å². The SMILES string of the molecule is CCC1CN(Cc2cccnc2C#N)CCC1O. The van der Waals surface area contributed by atoms with E-state index < -0.39 is 0 Å². The fourth-order valence-corrected chi connectivity index (χ4v) is 2.55. The van der Waals surface area contributed by atoms with Gasteiger partial charge in [-0.3, -0.25) is 4.90 Å². The quantitative estimate of drug-likeness (QED) is 0.877. The Bertz CT molecular complexity index is 441. The summed E-state index contributed by atoms with van der Waals surface area (Å²) in [6, 6.07) is 5.96. The summed E-state index contributed by atoms with van der Waals surface area (Å²) in [5.41, 5.74) is 1.49. The van der Waals surface area contributed by atoms with Crippen molar-refractivity contribution >= 4 is 0 Å². The number of rotatable bonds is 3. The van der Waals surface area contributed by atoms with Gasteiger partial charge in [0, 0.05) is 31.4 Å². The number of aliphatic hydroxyl groups excluding tert-OH is 1. The highest BCUT2D eigenvalue weighted by Crippen LogP contribution is 2.22. The molecule has 0 saturated carbocycles. The molecule has 1 aromatic rings. The summed E-state index contributed by atoms with van der Waals surface area (Å²) in [6.07, 6.45) is 3.29. The molecule has 1 N–H and O–H groups in total. The van der Waals surface area contributed by atoms with Crippen molar-refractivity contribution in [2.45, 2.75) is 32.4 Å². The minimum Gasteiger partial charge on any atom is -0.393 e. The van der Waals surface area contributed by atoms with Crippen LogP contribution in [-0.4, -0.2) is 34.2 Å². The summed E-state index contributed by atoms with van der Waals surface area (Å²) in [5, 5.41) is 18.9. The molecular formula is C14H19N3O. The number of hydrogen-bond donors (Lipinski definition) is 1. The fraction of sp³-hybridized carbons (Fsp3) is 0.571. The van der Waals surface area contributed by atoms with Gasteiger partial charge in [-0.05, 0) is 24.8 Å². The highest BCUT2D eigenvalue weighted by atomic mass is 16.3. The predicted octanol–water partition coefficient (Wildman–Crippen LogP) is 1.55. The standard InChI is InChI=1S/C14H19N3O/c1-2-11-9-17(7-5-14(11)18)10-12-4-3-6-16-13(12)8-15/h3-4,6,11,14,18H,2,5,7,9-10H2,1H3. The van der Waals surface area contributed by atoms with Crippen LogP contribution in [0.4, 0.5) is 0 Å². The van der Waals surface area contributed by atoms with Crippen molar-refractivity contribution in [3.8, 4) is 6.07 Å². The van der Waals surface area contributed by atoms with E-state index in [9.17, 15) is 5.11 Å². The molecular weight excluding hydrogens is 226 g/mol. The molecule has 1 fully saturated rings. The second kappa shape index (κ2) is 5.94. The Balaban J connectivity index is 2.04. The van der Waals surface area contributed by atoms with E-state index >= 15 is 0 Å². The molecule has 4 heteroatoms. The number of nitrogens with zero attached hydrogens (tertiary/aromatic N) is 3. The Kier molecular flexibility index (Phi) is 4.29. The number of pyridine rings is 1. The molecule has 0 bridgehead atoms. The minimum atomic E-state index is -0.171. The van der Waals surface area contributed by atoms with E-state index in [1.807, 2.05) is 12.1 Å². The Morgan fingerprint density at radius 3 is 3.17 bits per heavy atom. The van der Waals surface area contributed by atoms with E-state index in [-0.39, 0.29) is 6.10 Å². The Morgan fingerprint density at radius 1 is 1.61 bits per heavy atom. The topological polar surface area (TPSA) is 60.2 Å². The summed E-state index contributed by atoms with van der Waals surface area (Å²) in [7, 11) is 0. The Labute approximate surface area is 108 Å². The van der Waals surface area contributed by atoms with Gasteiger partial charge in [0.15, 0.2) is 0 Å². The molecule has 2 heterocycles. The van der Waals surface area contributed by atoms with E-state index in [2.05, 4.69) is 22.9 Å². The number of aliphatic hydroxyl groups is 1. The Hall–Kier alpha value is -1.44. The summed E-state index contributed by atoms with van der Waals surface area (Å²) >= 11 is 0. The van der Waals surface area contributed by atoms with Crippen molar-refractivity contribution in [3.05, 3.63) is 29.6 Å². The van der Waals surface area contributed by atoms with E-state index in [0.717, 1.165) is 38.0 Å². The molecule has 1 aliphatic heterocycles. The molecule has 0 amide bonds. The average Bonchev–Trinajstić information content (AvgIpc) is 2.41. The highest BCUT2D eigenvalue weighted by molar-refractivity contribution is 5.30. The molecule has 18 heavy (non-hydrogen) atoms. The first-order valence-corrected chi connectivity index (χ1v) is 6.49. The first kappa shape index (κ1) is 13.0. The number of likely N-dealkylation sites (tertiary alicyclic amines) is 1. The zero-order valence-corrected chi connectivity index (χ0v) is 10.7. The third kappa shape index (κ3) is 2.87. The number of piperidine rings is 1. The van der Waals surface area contributed by atoms with Crippen molar-refractivity contribution in [1.29, 1.82) is 5.26 Å². The molecule has 2 atom stereocenters. The number of hydrogen-bond acceptors (Lipinski definition) is 4. The van der Waals surface area contributed by atoms with Crippen LogP contribution in [0.3, 0.4) is 0 Å². The molecule has 0 aromatic carbocycles. The van der Waals surface area contributed by atoms with Gasteiger partial charge < -0.3 is 5.11 Å². The molecule has 1 aliphatic rings. The maximum atomic E-state index is 9.86. The molecule has 2 unspecified atom stereocenters. The van der Waals surface area contributed by atoms with Crippen LogP contribution in [0, 0.1) is 17.2 Å². The lowest BCUT2D eigenvalue weighted by atomic mass is 9.92. The van der Waals surface area contributed by atoms with Gasteiger partial charge in [-0.25, -0.2) is 4.98 Å². The van der Waals surface area contributed by atoms with Crippen molar-refractivity contribution in [2.24, 2.45) is 5.92 Å². The largest absolute Gasteiger partial charge is 0.393 e. The van der Waals surface area contributed by atoms with E-state index in [0.29, 0.717) is 11.6 Å².